The highest BCUT2D eigenvalue weighted by Gasteiger charge is 2.14. The summed E-state index contributed by atoms with van der Waals surface area (Å²) in [5.41, 5.74) is 4.77. The van der Waals surface area contributed by atoms with Gasteiger partial charge in [-0.15, -0.1) is 0 Å². The van der Waals surface area contributed by atoms with Gasteiger partial charge in [-0.1, -0.05) is 6.07 Å². The number of carbonyl (C=O) groups is 1. The summed E-state index contributed by atoms with van der Waals surface area (Å²) in [4.78, 5) is 18.8. The summed E-state index contributed by atoms with van der Waals surface area (Å²) < 4.78 is 0. The molecule has 1 aromatic carbocycles. The van der Waals surface area contributed by atoms with Crippen molar-refractivity contribution in [3.63, 3.8) is 0 Å². The van der Waals surface area contributed by atoms with E-state index in [1.165, 1.54) is 0 Å². The number of aromatic nitrogens is 2. The number of nitrogens with one attached hydrogen (secondary N) is 3. The number of aromatic amines is 1. The predicted octanol–water partition coefficient (Wildman–Crippen LogP) is 2.59. The summed E-state index contributed by atoms with van der Waals surface area (Å²) in [6, 6.07) is 10.0. The summed E-state index contributed by atoms with van der Waals surface area (Å²) in [7, 11) is 0. The van der Waals surface area contributed by atoms with E-state index in [0.717, 1.165) is 33.5 Å². The molecule has 3 aromatic rings. The highest BCUT2D eigenvalue weighted by Crippen LogP contribution is 2.31. The van der Waals surface area contributed by atoms with E-state index in [2.05, 4.69) is 26.7 Å². The molecule has 2 aromatic heterocycles. The highest BCUT2D eigenvalue weighted by atomic mass is 16.2. The first kappa shape index (κ1) is 11.0. The van der Waals surface area contributed by atoms with Gasteiger partial charge < -0.3 is 15.6 Å². The largest absolute Gasteiger partial charge is 0.374 e. The van der Waals surface area contributed by atoms with Gasteiger partial charge in [0.2, 0.25) is 5.91 Å². The Morgan fingerprint density at radius 3 is 2.95 bits per heavy atom. The maximum atomic E-state index is 11.3. The average Bonchev–Trinajstić information content (AvgIpc) is 2.94. The molecule has 0 spiro atoms. The Morgan fingerprint density at radius 2 is 2.00 bits per heavy atom. The van der Waals surface area contributed by atoms with E-state index in [0.29, 0.717) is 6.54 Å². The zero-order valence-electron chi connectivity index (χ0n) is 10.6. The van der Waals surface area contributed by atoms with Gasteiger partial charge in [0.05, 0.1) is 17.9 Å². The van der Waals surface area contributed by atoms with Gasteiger partial charge in [0.25, 0.3) is 0 Å². The monoisotopic (exact) mass is 264 g/mol. The van der Waals surface area contributed by atoms with Crippen molar-refractivity contribution < 1.29 is 4.79 Å². The molecule has 0 saturated carbocycles. The first-order valence-electron chi connectivity index (χ1n) is 6.41. The molecular formula is C15H12N4O. The lowest BCUT2D eigenvalue weighted by atomic mass is 10.0. The number of H-pyrrole nitrogens is 1. The van der Waals surface area contributed by atoms with Gasteiger partial charge in [0.1, 0.15) is 5.65 Å². The van der Waals surface area contributed by atoms with Gasteiger partial charge in [-0.05, 0) is 29.8 Å². The summed E-state index contributed by atoms with van der Waals surface area (Å²) in [5.74, 6) is -0.0133. The van der Waals surface area contributed by atoms with E-state index in [1.807, 2.05) is 36.7 Å². The first-order valence-corrected chi connectivity index (χ1v) is 6.41. The molecule has 0 atom stereocenters. The average molecular weight is 264 g/mol. The van der Waals surface area contributed by atoms with Crippen LogP contribution < -0.4 is 10.6 Å². The Hall–Kier alpha value is -2.82. The number of benzene rings is 1. The molecular weight excluding hydrogens is 252 g/mol. The number of nitrogens with zero attached hydrogens (tertiary/aromatic N) is 1. The number of rotatable bonds is 1. The zero-order valence-corrected chi connectivity index (χ0v) is 10.6. The summed E-state index contributed by atoms with van der Waals surface area (Å²) in [6.07, 6.45) is 3.73. The molecule has 3 heterocycles. The van der Waals surface area contributed by atoms with E-state index in [-0.39, 0.29) is 5.91 Å². The van der Waals surface area contributed by atoms with Crippen molar-refractivity contribution in [2.24, 2.45) is 0 Å². The highest BCUT2D eigenvalue weighted by molar-refractivity contribution is 6.01. The molecule has 98 valence electrons. The van der Waals surface area contributed by atoms with Gasteiger partial charge in [-0.3, -0.25) is 4.79 Å². The topological polar surface area (TPSA) is 69.8 Å². The van der Waals surface area contributed by atoms with Crippen LogP contribution in [0.4, 0.5) is 11.4 Å². The van der Waals surface area contributed by atoms with Crippen LogP contribution in [0.5, 0.6) is 0 Å². The summed E-state index contributed by atoms with van der Waals surface area (Å²) in [5, 5.41) is 7.04. The lowest BCUT2D eigenvalue weighted by Crippen LogP contribution is -2.27. The van der Waals surface area contributed by atoms with Crippen LogP contribution in [0.25, 0.3) is 22.2 Å². The fourth-order valence-corrected chi connectivity index (χ4v) is 2.45. The van der Waals surface area contributed by atoms with Crippen LogP contribution in [0.1, 0.15) is 0 Å². The summed E-state index contributed by atoms with van der Waals surface area (Å²) in [6.45, 7) is 0.311. The standard InChI is InChI=1S/C15H12N4O/c20-14-8-17-13-6-9(1-2-12(13)19-14)11-5-10-3-4-16-15(10)18-7-11/h1-7,17H,8H2,(H,16,18)(H,19,20). The van der Waals surface area contributed by atoms with Crippen molar-refractivity contribution in [3.05, 3.63) is 42.7 Å². The molecule has 4 rings (SSSR count). The SMILES string of the molecule is O=C1CNc2cc(-c3cnc4[nH]ccc4c3)ccc2N1. The normalized spacial score (nSPS) is 13.7. The van der Waals surface area contributed by atoms with Gasteiger partial charge in [0.15, 0.2) is 0 Å². The third kappa shape index (κ3) is 1.72. The Balaban J connectivity index is 1.80. The van der Waals surface area contributed by atoms with E-state index in [4.69, 9.17) is 0 Å². The second-order valence-corrected chi connectivity index (χ2v) is 4.80. The maximum absolute atomic E-state index is 11.3. The molecule has 0 saturated heterocycles. The van der Waals surface area contributed by atoms with Crippen LogP contribution in [0, 0.1) is 0 Å². The molecule has 20 heavy (non-hydrogen) atoms. The smallest absolute Gasteiger partial charge is 0.243 e. The molecule has 1 aliphatic rings. The minimum Gasteiger partial charge on any atom is -0.374 e. The zero-order chi connectivity index (χ0) is 13.5. The lowest BCUT2D eigenvalue weighted by molar-refractivity contribution is -0.114. The van der Waals surface area contributed by atoms with Crippen molar-refractivity contribution in [2.45, 2.75) is 0 Å². The number of hydrogen-bond acceptors (Lipinski definition) is 3. The van der Waals surface area contributed by atoms with E-state index < -0.39 is 0 Å². The molecule has 1 amide bonds. The molecule has 0 bridgehead atoms. The molecule has 3 N–H and O–H groups in total. The van der Waals surface area contributed by atoms with Gasteiger partial charge in [0, 0.05) is 23.3 Å². The Bertz CT molecular complexity index is 822. The first-order chi connectivity index (χ1) is 9.79. The number of pyridine rings is 1. The fourth-order valence-electron chi connectivity index (χ4n) is 2.45. The lowest BCUT2D eigenvalue weighted by Gasteiger charge is -2.19. The van der Waals surface area contributed by atoms with E-state index in [1.54, 1.807) is 0 Å². The van der Waals surface area contributed by atoms with Crippen LogP contribution in [0.15, 0.2) is 42.7 Å². The Morgan fingerprint density at radius 1 is 1.05 bits per heavy atom. The van der Waals surface area contributed by atoms with Crippen molar-refractivity contribution in [1.82, 2.24) is 9.97 Å². The third-order valence-corrected chi connectivity index (χ3v) is 3.47. The van der Waals surface area contributed by atoms with Gasteiger partial charge in [-0.2, -0.15) is 0 Å². The van der Waals surface area contributed by atoms with Crippen molar-refractivity contribution >= 4 is 28.3 Å². The predicted molar refractivity (Wildman–Crippen MR) is 78.6 cm³/mol. The number of fused-ring (bicyclic) bond motifs is 2. The van der Waals surface area contributed by atoms with E-state index >= 15 is 0 Å². The minimum absolute atomic E-state index is 0.0133. The molecule has 0 aliphatic carbocycles. The fraction of sp³-hybridized carbons (Fsp3) is 0.0667. The molecule has 0 fully saturated rings. The van der Waals surface area contributed by atoms with Crippen LogP contribution in [0.2, 0.25) is 0 Å². The number of hydrogen-bond donors (Lipinski definition) is 3. The summed E-state index contributed by atoms with van der Waals surface area (Å²) >= 11 is 0. The molecule has 0 unspecified atom stereocenters. The van der Waals surface area contributed by atoms with Crippen LogP contribution in [0.3, 0.4) is 0 Å². The molecule has 5 nitrogen and oxygen atoms in total. The molecule has 0 radical (unpaired) electrons. The second-order valence-electron chi connectivity index (χ2n) is 4.80. The van der Waals surface area contributed by atoms with Crippen molar-refractivity contribution in [3.8, 4) is 11.1 Å². The maximum Gasteiger partial charge on any atom is 0.243 e. The van der Waals surface area contributed by atoms with Gasteiger partial charge in [-0.25, -0.2) is 4.98 Å². The van der Waals surface area contributed by atoms with Crippen LogP contribution >= 0.6 is 0 Å². The molecule has 1 aliphatic heterocycles. The quantitative estimate of drug-likeness (QED) is 0.632. The Labute approximate surface area is 115 Å². The number of carbonyl (C=O) groups excluding carboxylic acids is 1. The molecule has 5 heteroatoms. The second kappa shape index (κ2) is 4.09. The van der Waals surface area contributed by atoms with Gasteiger partial charge >= 0.3 is 0 Å². The minimum atomic E-state index is -0.0133. The van der Waals surface area contributed by atoms with Crippen LogP contribution in [-0.2, 0) is 4.79 Å². The van der Waals surface area contributed by atoms with Crippen molar-refractivity contribution in [1.29, 1.82) is 0 Å². The van der Waals surface area contributed by atoms with Crippen molar-refractivity contribution in [2.75, 3.05) is 17.2 Å². The third-order valence-electron chi connectivity index (χ3n) is 3.47. The van der Waals surface area contributed by atoms with E-state index in [9.17, 15) is 4.79 Å². The number of anilines is 2. The number of amides is 1. The van der Waals surface area contributed by atoms with Crippen LogP contribution in [-0.4, -0.2) is 22.4 Å². The Kier molecular flexibility index (Phi) is 2.26.